The van der Waals surface area contributed by atoms with Crippen molar-refractivity contribution in [2.45, 2.75) is 6.92 Å². The van der Waals surface area contributed by atoms with E-state index in [1.54, 1.807) is 11.3 Å². The maximum Gasteiger partial charge on any atom is 0.121 e. The number of rotatable bonds is 4. The third-order valence-electron chi connectivity index (χ3n) is 3.35. The summed E-state index contributed by atoms with van der Waals surface area (Å²) in [5.41, 5.74) is 1.04. The molecule has 0 unspecified atom stereocenters. The fraction of sp³-hybridized carbons (Fsp3) is 0.500. The molecule has 1 aromatic heterocycles. The number of fused-ring (bicyclic) bond motifs is 1. The van der Waals surface area contributed by atoms with Crippen LogP contribution in [0.1, 0.15) is 5.01 Å². The zero-order valence-corrected chi connectivity index (χ0v) is 12.0. The summed E-state index contributed by atoms with van der Waals surface area (Å²) in [6.07, 6.45) is 0. The Kier molecular flexibility index (Phi) is 3.96. The maximum absolute atomic E-state index is 5.83. The molecule has 1 saturated heterocycles. The summed E-state index contributed by atoms with van der Waals surface area (Å²) < 4.78 is 7.06. The van der Waals surface area contributed by atoms with E-state index in [0.717, 1.165) is 55.6 Å². The van der Waals surface area contributed by atoms with Crippen molar-refractivity contribution in [1.29, 1.82) is 0 Å². The third kappa shape index (κ3) is 3.23. The summed E-state index contributed by atoms with van der Waals surface area (Å²) in [4.78, 5) is 6.92. The topological polar surface area (TPSA) is 37.4 Å². The van der Waals surface area contributed by atoms with Gasteiger partial charge in [0.2, 0.25) is 0 Å². The van der Waals surface area contributed by atoms with Gasteiger partial charge >= 0.3 is 0 Å². The van der Waals surface area contributed by atoms with Gasteiger partial charge < -0.3 is 10.1 Å². The Balaban J connectivity index is 1.55. The first-order chi connectivity index (χ1) is 9.31. The lowest BCUT2D eigenvalue weighted by atomic mass is 10.3. The van der Waals surface area contributed by atoms with Crippen molar-refractivity contribution < 1.29 is 4.74 Å². The van der Waals surface area contributed by atoms with Gasteiger partial charge in [-0.15, -0.1) is 11.3 Å². The highest BCUT2D eigenvalue weighted by atomic mass is 32.1. The second kappa shape index (κ2) is 5.86. The van der Waals surface area contributed by atoms with Crippen molar-refractivity contribution in [2.75, 3.05) is 39.3 Å². The second-order valence-corrected chi connectivity index (χ2v) is 6.04. The highest BCUT2D eigenvalue weighted by Gasteiger charge is 2.09. The molecule has 1 aliphatic heterocycles. The fourth-order valence-electron chi connectivity index (χ4n) is 2.34. The normalized spacial score (nSPS) is 16.9. The van der Waals surface area contributed by atoms with Crippen molar-refractivity contribution >= 4 is 21.6 Å². The number of benzene rings is 1. The summed E-state index contributed by atoms with van der Waals surface area (Å²) in [6, 6.07) is 6.18. The Hall–Kier alpha value is -1.17. The van der Waals surface area contributed by atoms with Gasteiger partial charge in [-0.2, -0.15) is 0 Å². The summed E-state index contributed by atoms with van der Waals surface area (Å²) in [6.45, 7) is 8.19. The van der Waals surface area contributed by atoms with Crippen molar-refractivity contribution in [2.24, 2.45) is 0 Å². The van der Waals surface area contributed by atoms with Crippen molar-refractivity contribution in [3.8, 4) is 5.75 Å². The Bertz CT molecular complexity index is 549. The Morgan fingerprint density at radius 2 is 2.21 bits per heavy atom. The number of ether oxygens (including phenoxy) is 1. The van der Waals surface area contributed by atoms with Gasteiger partial charge in [0, 0.05) is 38.8 Å². The van der Waals surface area contributed by atoms with Crippen molar-refractivity contribution in [1.82, 2.24) is 15.2 Å². The molecule has 5 heteroatoms. The van der Waals surface area contributed by atoms with E-state index in [9.17, 15) is 0 Å². The van der Waals surface area contributed by atoms with Crippen LogP contribution in [0.4, 0.5) is 0 Å². The van der Waals surface area contributed by atoms with Crippen LogP contribution in [0.2, 0.25) is 0 Å². The predicted octanol–water partition coefficient (Wildman–Crippen LogP) is 1.89. The zero-order chi connectivity index (χ0) is 13.1. The SMILES string of the molecule is Cc1nc2cc(OCCN3CCNCC3)ccc2s1. The number of hydrogen-bond acceptors (Lipinski definition) is 5. The zero-order valence-electron chi connectivity index (χ0n) is 11.2. The Morgan fingerprint density at radius 3 is 3.05 bits per heavy atom. The van der Waals surface area contributed by atoms with Crippen LogP contribution >= 0.6 is 11.3 Å². The monoisotopic (exact) mass is 277 g/mol. The lowest BCUT2D eigenvalue weighted by Gasteiger charge is -2.26. The van der Waals surface area contributed by atoms with Crippen LogP contribution in [0, 0.1) is 6.92 Å². The largest absolute Gasteiger partial charge is 0.492 e. The molecule has 102 valence electrons. The summed E-state index contributed by atoms with van der Waals surface area (Å²) >= 11 is 1.73. The van der Waals surface area contributed by atoms with Gasteiger partial charge in [0.25, 0.3) is 0 Å². The first-order valence-electron chi connectivity index (χ1n) is 6.74. The Morgan fingerprint density at radius 1 is 1.37 bits per heavy atom. The van der Waals surface area contributed by atoms with Crippen LogP contribution in [0.25, 0.3) is 10.2 Å². The lowest BCUT2D eigenvalue weighted by molar-refractivity contribution is 0.191. The van der Waals surface area contributed by atoms with Crippen LogP contribution in [-0.4, -0.2) is 49.2 Å². The van der Waals surface area contributed by atoms with E-state index < -0.39 is 0 Å². The molecule has 4 nitrogen and oxygen atoms in total. The molecule has 1 fully saturated rings. The molecule has 0 amide bonds. The predicted molar refractivity (Wildman–Crippen MR) is 79.2 cm³/mol. The van der Waals surface area contributed by atoms with E-state index in [0.29, 0.717) is 0 Å². The minimum absolute atomic E-state index is 0.745. The van der Waals surface area contributed by atoms with Gasteiger partial charge in [0.1, 0.15) is 12.4 Å². The first kappa shape index (κ1) is 12.8. The molecule has 0 aliphatic carbocycles. The number of nitrogens with one attached hydrogen (secondary N) is 1. The molecule has 0 spiro atoms. The van der Waals surface area contributed by atoms with Crippen molar-refractivity contribution in [3.05, 3.63) is 23.2 Å². The summed E-state index contributed by atoms with van der Waals surface area (Å²) in [5, 5.41) is 4.46. The molecule has 19 heavy (non-hydrogen) atoms. The second-order valence-electron chi connectivity index (χ2n) is 4.80. The van der Waals surface area contributed by atoms with E-state index in [-0.39, 0.29) is 0 Å². The van der Waals surface area contributed by atoms with E-state index in [1.807, 2.05) is 19.1 Å². The standard InChI is InChI=1S/C14H19N3OS/c1-11-16-13-10-12(2-3-14(13)19-11)18-9-8-17-6-4-15-5-7-17/h2-3,10,15H,4-9H2,1H3. The lowest BCUT2D eigenvalue weighted by Crippen LogP contribution is -2.44. The number of aryl methyl sites for hydroxylation is 1. The van der Waals surface area contributed by atoms with Gasteiger partial charge in [-0.3, -0.25) is 4.90 Å². The molecule has 2 heterocycles. The van der Waals surface area contributed by atoms with Crippen molar-refractivity contribution in [3.63, 3.8) is 0 Å². The molecule has 1 aromatic carbocycles. The number of aromatic nitrogens is 1. The number of piperazine rings is 1. The molecular formula is C14H19N3OS. The minimum atomic E-state index is 0.745. The smallest absolute Gasteiger partial charge is 0.121 e. The van der Waals surface area contributed by atoms with Crippen LogP contribution < -0.4 is 10.1 Å². The van der Waals surface area contributed by atoms with Gasteiger partial charge in [0.05, 0.1) is 15.2 Å². The number of nitrogens with zero attached hydrogens (tertiary/aromatic N) is 2. The highest BCUT2D eigenvalue weighted by molar-refractivity contribution is 7.18. The summed E-state index contributed by atoms with van der Waals surface area (Å²) in [7, 11) is 0. The molecule has 1 aliphatic rings. The molecule has 0 radical (unpaired) electrons. The van der Waals surface area contributed by atoms with Crippen LogP contribution in [0.3, 0.4) is 0 Å². The molecule has 0 bridgehead atoms. The van der Waals surface area contributed by atoms with E-state index in [2.05, 4.69) is 21.3 Å². The molecular weight excluding hydrogens is 258 g/mol. The quantitative estimate of drug-likeness (QED) is 0.926. The molecule has 0 atom stereocenters. The highest BCUT2D eigenvalue weighted by Crippen LogP contribution is 2.25. The van der Waals surface area contributed by atoms with E-state index >= 15 is 0 Å². The van der Waals surface area contributed by atoms with Gasteiger partial charge in [-0.1, -0.05) is 0 Å². The average molecular weight is 277 g/mol. The van der Waals surface area contributed by atoms with E-state index in [1.165, 1.54) is 4.70 Å². The van der Waals surface area contributed by atoms with Gasteiger partial charge in [0.15, 0.2) is 0 Å². The molecule has 1 N–H and O–H groups in total. The van der Waals surface area contributed by atoms with Crippen LogP contribution in [0.5, 0.6) is 5.75 Å². The van der Waals surface area contributed by atoms with E-state index in [4.69, 9.17) is 4.74 Å². The molecule has 0 saturated carbocycles. The molecule has 2 aromatic rings. The van der Waals surface area contributed by atoms with Crippen LogP contribution in [-0.2, 0) is 0 Å². The van der Waals surface area contributed by atoms with Crippen LogP contribution in [0.15, 0.2) is 18.2 Å². The van der Waals surface area contributed by atoms with Gasteiger partial charge in [-0.25, -0.2) is 4.98 Å². The fourth-order valence-corrected chi connectivity index (χ4v) is 3.15. The van der Waals surface area contributed by atoms with Gasteiger partial charge in [-0.05, 0) is 19.1 Å². The Labute approximate surface area is 117 Å². The average Bonchev–Trinajstić information content (AvgIpc) is 2.79. The third-order valence-corrected chi connectivity index (χ3v) is 4.30. The number of thiazole rings is 1. The first-order valence-corrected chi connectivity index (χ1v) is 7.56. The number of hydrogen-bond donors (Lipinski definition) is 1. The maximum atomic E-state index is 5.83. The molecule has 3 rings (SSSR count). The summed E-state index contributed by atoms with van der Waals surface area (Å²) in [5.74, 6) is 0.924. The minimum Gasteiger partial charge on any atom is -0.492 e.